The summed E-state index contributed by atoms with van der Waals surface area (Å²) in [5.41, 5.74) is 5.01. The van der Waals surface area contributed by atoms with Gasteiger partial charge in [0.15, 0.2) is 0 Å². The molecule has 2 N–H and O–H groups in total. The summed E-state index contributed by atoms with van der Waals surface area (Å²) in [5.74, 6) is 0.620. The van der Waals surface area contributed by atoms with Crippen LogP contribution in [0.15, 0.2) is 34.8 Å². The van der Waals surface area contributed by atoms with Gasteiger partial charge in [0.05, 0.1) is 0 Å². The van der Waals surface area contributed by atoms with Gasteiger partial charge in [-0.05, 0) is 0 Å². The Labute approximate surface area is 194 Å². The third-order valence-corrected chi connectivity index (χ3v) is 7.17. The van der Waals surface area contributed by atoms with Crippen LogP contribution < -0.4 is 14.7 Å². The number of nitrogens with zero attached hydrogens (tertiary/aromatic N) is 6. The van der Waals surface area contributed by atoms with E-state index in [-0.39, 0.29) is 0 Å². The average molecular weight is 496 g/mol. The van der Waals surface area contributed by atoms with Crippen molar-refractivity contribution in [2.75, 3.05) is 31.1 Å². The molecule has 2 radical (unpaired) electrons. The van der Waals surface area contributed by atoms with Gasteiger partial charge in [0.1, 0.15) is 0 Å². The molecule has 1 aliphatic rings. The number of H-pyrrole nitrogens is 1. The van der Waals surface area contributed by atoms with Crippen LogP contribution in [0.1, 0.15) is 20.3 Å². The van der Waals surface area contributed by atoms with Crippen molar-refractivity contribution in [3.8, 4) is 0 Å². The summed E-state index contributed by atoms with van der Waals surface area (Å²) in [5, 5.41) is 4.47. The molecular formula is C21H25AsN8S. The molecule has 1 aromatic carbocycles. The van der Waals surface area contributed by atoms with Crippen LogP contribution in [-0.4, -0.2) is 72.5 Å². The number of imidazole rings is 2. The maximum absolute atomic E-state index is 4.94. The summed E-state index contributed by atoms with van der Waals surface area (Å²) in [6.45, 7) is 9.28. The van der Waals surface area contributed by atoms with Gasteiger partial charge in [-0.25, -0.2) is 0 Å². The quantitative estimate of drug-likeness (QED) is 0.285. The van der Waals surface area contributed by atoms with Gasteiger partial charge < -0.3 is 0 Å². The second-order valence-corrected chi connectivity index (χ2v) is 10.1. The van der Waals surface area contributed by atoms with Crippen LogP contribution in [0.4, 0.5) is 5.69 Å². The second-order valence-electron chi connectivity index (χ2n) is 8.20. The number of aromatic amines is 1. The first-order chi connectivity index (χ1) is 15.1. The normalized spacial score (nSPS) is 14.1. The van der Waals surface area contributed by atoms with Gasteiger partial charge in [-0.2, -0.15) is 0 Å². The number of nitrogens with one attached hydrogen (secondary N) is 2. The first-order valence-electron chi connectivity index (χ1n) is 10.6. The zero-order valence-corrected chi connectivity index (χ0v) is 20.4. The summed E-state index contributed by atoms with van der Waals surface area (Å²) in [7, 11) is 0. The Morgan fingerprint density at radius 2 is 2.10 bits per heavy atom. The molecule has 0 amide bonds. The number of benzene rings is 1. The molecule has 160 valence electrons. The summed E-state index contributed by atoms with van der Waals surface area (Å²) in [6.07, 6.45) is 4.61. The van der Waals surface area contributed by atoms with Gasteiger partial charge in [-0.1, -0.05) is 0 Å². The van der Waals surface area contributed by atoms with Crippen molar-refractivity contribution in [3.63, 3.8) is 0 Å². The molecule has 4 aromatic rings. The average Bonchev–Trinajstić information content (AvgIpc) is 3.29. The zero-order valence-electron chi connectivity index (χ0n) is 17.7. The Balaban J connectivity index is 1.52. The summed E-state index contributed by atoms with van der Waals surface area (Å²) < 4.78 is 3.06. The number of aromatic nitrogens is 6. The Hall–Kier alpha value is -2.09. The second kappa shape index (κ2) is 8.80. The first kappa shape index (κ1) is 20.8. The van der Waals surface area contributed by atoms with Crippen molar-refractivity contribution in [2.24, 2.45) is 5.92 Å². The van der Waals surface area contributed by atoms with Crippen molar-refractivity contribution in [3.05, 3.63) is 24.8 Å². The van der Waals surface area contributed by atoms with Crippen molar-refractivity contribution < 1.29 is 0 Å². The predicted octanol–water partition coefficient (Wildman–Crippen LogP) is 2.10. The van der Waals surface area contributed by atoms with Gasteiger partial charge in [-0.15, -0.1) is 0 Å². The zero-order chi connectivity index (χ0) is 21.4. The molecule has 1 aliphatic heterocycles. The Kier molecular flexibility index (Phi) is 5.90. The molecule has 1 saturated heterocycles. The Morgan fingerprint density at radius 3 is 2.87 bits per heavy atom. The molecule has 0 saturated carbocycles. The topological polar surface area (TPSA) is 87.5 Å². The molecule has 0 unspecified atom stereocenters. The molecule has 31 heavy (non-hydrogen) atoms. The predicted molar refractivity (Wildman–Crippen MR) is 125 cm³/mol. The number of anilines is 1. The van der Waals surface area contributed by atoms with E-state index in [2.05, 4.69) is 77.6 Å². The summed E-state index contributed by atoms with van der Waals surface area (Å²) >= 11 is 4.20. The van der Waals surface area contributed by atoms with Gasteiger partial charge in [-0.3, -0.25) is 0 Å². The Morgan fingerprint density at radius 1 is 1.23 bits per heavy atom. The maximum atomic E-state index is 4.94. The van der Waals surface area contributed by atoms with E-state index >= 15 is 0 Å². The molecule has 5 rings (SSSR count). The number of rotatable bonds is 8. The van der Waals surface area contributed by atoms with Crippen LogP contribution in [0.3, 0.4) is 0 Å². The van der Waals surface area contributed by atoms with Crippen LogP contribution >= 0.6 is 11.8 Å². The van der Waals surface area contributed by atoms with Crippen LogP contribution in [0.2, 0.25) is 0 Å². The van der Waals surface area contributed by atoms with Crippen LogP contribution in [0, 0.1) is 5.92 Å². The molecule has 0 spiro atoms. The van der Waals surface area contributed by atoms with Crippen molar-refractivity contribution in [2.45, 2.75) is 36.9 Å². The van der Waals surface area contributed by atoms with Gasteiger partial charge in [0.25, 0.3) is 0 Å². The first-order valence-corrected chi connectivity index (χ1v) is 12.4. The fraction of sp³-hybridized carbons (Fsp3) is 0.429. The van der Waals surface area contributed by atoms with E-state index in [9.17, 15) is 0 Å². The van der Waals surface area contributed by atoms with E-state index in [4.69, 9.17) is 4.98 Å². The van der Waals surface area contributed by atoms with E-state index in [1.54, 1.807) is 24.4 Å². The molecular weight excluding hydrogens is 471 g/mol. The molecule has 8 nitrogen and oxygen atoms in total. The summed E-state index contributed by atoms with van der Waals surface area (Å²) in [4.78, 5) is 25.1. The van der Waals surface area contributed by atoms with Gasteiger partial charge in [0.2, 0.25) is 0 Å². The van der Waals surface area contributed by atoms with Gasteiger partial charge in [0, 0.05) is 0 Å². The molecule has 3 aromatic heterocycles. The standard InChI is InChI=1S/C21H25AsN8S/c1-13(2)10-23-4-7-30-20-18(19(22)26-12-27-20)28-21(30)31-17-9-15-14(24-11-25-15)8-16(17)29-5-3-6-29/h8-9,11-13,23H,3-7,10H2,1-2H3,(H,24,25). The molecule has 0 atom stereocenters. The third kappa shape index (κ3) is 4.18. The third-order valence-electron chi connectivity index (χ3n) is 5.44. The fourth-order valence-electron chi connectivity index (χ4n) is 3.70. The molecule has 0 bridgehead atoms. The van der Waals surface area contributed by atoms with Crippen molar-refractivity contribution in [1.29, 1.82) is 0 Å². The monoisotopic (exact) mass is 496 g/mol. The van der Waals surface area contributed by atoms with Crippen molar-refractivity contribution in [1.82, 2.24) is 34.8 Å². The summed E-state index contributed by atoms with van der Waals surface area (Å²) in [6, 6.07) is 4.38. The minimum absolute atomic E-state index is 0.620. The van der Waals surface area contributed by atoms with Crippen LogP contribution in [-0.2, 0) is 6.54 Å². The van der Waals surface area contributed by atoms with E-state index in [1.165, 1.54) is 17.0 Å². The molecule has 0 aliphatic carbocycles. The number of hydrogen-bond donors (Lipinski definition) is 2. The van der Waals surface area contributed by atoms with E-state index < -0.39 is 0 Å². The molecule has 10 heteroatoms. The van der Waals surface area contributed by atoms with Crippen molar-refractivity contribution >= 4 is 61.0 Å². The number of hydrogen-bond acceptors (Lipinski definition) is 7. The Bertz CT molecular complexity index is 1210. The van der Waals surface area contributed by atoms with E-state index in [0.717, 1.165) is 64.6 Å². The molecule has 4 heterocycles. The minimum atomic E-state index is 0.620. The number of fused-ring (bicyclic) bond motifs is 2. The van der Waals surface area contributed by atoms with Crippen LogP contribution in [0.5, 0.6) is 0 Å². The van der Waals surface area contributed by atoms with Gasteiger partial charge >= 0.3 is 194 Å². The van der Waals surface area contributed by atoms with E-state index in [0.29, 0.717) is 5.92 Å². The fourth-order valence-corrected chi connectivity index (χ4v) is 5.21. The van der Waals surface area contributed by atoms with E-state index in [1.807, 2.05) is 0 Å². The SMILES string of the molecule is CC(C)CNCCn1c(Sc2cc3nc[nH]c3cc2N2CCC2)nc2c([As])ncnc21. The van der Waals surface area contributed by atoms with Crippen LogP contribution in [0.25, 0.3) is 22.2 Å². The molecule has 1 fully saturated rings.